The molecule has 18 heavy (non-hydrogen) atoms. The van der Waals surface area contributed by atoms with Crippen molar-refractivity contribution < 1.29 is 9.30 Å². The molecule has 0 aromatic heterocycles. The summed E-state index contributed by atoms with van der Waals surface area (Å²) in [6, 6.07) is 3.65. The number of hydrogen-bond donors (Lipinski definition) is 1. The van der Waals surface area contributed by atoms with Crippen LogP contribution in [0, 0.1) is 0 Å². The largest absolute Gasteiger partial charge is 0.491 e. The molecule has 0 amide bonds. The van der Waals surface area contributed by atoms with Crippen molar-refractivity contribution in [2.24, 2.45) is 0 Å². The van der Waals surface area contributed by atoms with E-state index in [-0.39, 0.29) is 0 Å². The molecule has 0 bridgehead atoms. The van der Waals surface area contributed by atoms with Gasteiger partial charge in [0.25, 0.3) is 0 Å². The molecular formula is C14H18NO2P. The number of hydrogen-bond acceptors (Lipinski definition) is 3. The number of nitrogens with two attached hydrogens (primary N) is 1. The van der Waals surface area contributed by atoms with E-state index in [0.717, 1.165) is 17.3 Å². The highest BCUT2D eigenvalue weighted by Gasteiger charge is 2.29. The molecule has 2 N–H and O–H groups in total. The molecule has 1 heterocycles. The summed E-state index contributed by atoms with van der Waals surface area (Å²) in [5.41, 5.74) is 7.50. The first-order valence-electron chi connectivity index (χ1n) is 5.97. The van der Waals surface area contributed by atoms with Gasteiger partial charge in [-0.1, -0.05) is 12.2 Å². The monoisotopic (exact) mass is 263 g/mol. The predicted octanol–water partition coefficient (Wildman–Crippen LogP) is 2.56. The summed E-state index contributed by atoms with van der Waals surface area (Å²) in [6.45, 7) is 8.01. The second-order valence-electron chi connectivity index (χ2n) is 4.41. The molecule has 0 unspecified atom stereocenters. The van der Waals surface area contributed by atoms with E-state index in [1.165, 1.54) is 0 Å². The zero-order valence-electron chi connectivity index (χ0n) is 10.4. The van der Waals surface area contributed by atoms with Gasteiger partial charge in [0.2, 0.25) is 0 Å². The maximum atomic E-state index is 13.0. The fourth-order valence-corrected chi connectivity index (χ4v) is 4.80. The lowest BCUT2D eigenvalue weighted by Crippen LogP contribution is -2.14. The van der Waals surface area contributed by atoms with Gasteiger partial charge in [-0.25, -0.2) is 0 Å². The predicted molar refractivity (Wildman–Crippen MR) is 77.4 cm³/mol. The molecule has 0 saturated carbocycles. The molecule has 1 aliphatic heterocycles. The smallest absolute Gasteiger partial charge is 0.146 e. The van der Waals surface area contributed by atoms with E-state index in [1.807, 2.05) is 6.07 Å². The molecular weight excluding hydrogens is 245 g/mol. The van der Waals surface area contributed by atoms with Crippen LogP contribution in [0.1, 0.15) is 5.56 Å². The van der Waals surface area contributed by atoms with Gasteiger partial charge in [-0.15, -0.1) is 13.2 Å². The minimum atomic E-state index is -2.50. The van der Waals surface area contributed by atoms with Gasteiger partial charge < -0.3 is 15.0 Å². The van der Waals surface area contributed by atoms with Crippen LogP contribution in [0.15, 0.2) is 37.4 Å². The second kappa shape index (κ2) is 5.03. The van der Waals surface area contributed by atoms with Gasteiger partial charge in [-0.05, 0) is 12.1 Å². The third kappa shape index (κ3) is 2.11. The van der Waals surface area contributed by atoms with Crippen LogP contribution in [-0.4, -0.2) is 18.9 Å². The van der Waals surface area contributed by atoms with E-state index in [0.29, 0.717) is 30.4 Å². The molecule has 0 fully saturated rings. The van der Waals surface area contributed by atoms with Crippen LogP contribution in [-0.2, 0) is 11.0 Å². The summed E-state index contributed by atoms with van der Waals surface area (Å²) in [5.74, 6) is 0.709. The molecule has 1 aliphatic rings. The maximum absolute atomic E-state index is 13.0. The highest BCUT2D eigenvalue weighted by Crippen LogP contribution is 2.48. The topological polar surface area (TPSA) is 52.3 Å². The molecule has 1 aromatic rings. The Morgan fingerprint density at radius 2 is 2.00 bits per heavy atom. The van der Waals surface area contributed by atoms with Crippen LogP contribution >= 0.6 is 7.14 Å². The standard InChI is InChI=1S/C14H18NO2P/c1-3-9-18(16,10-4-2)13-6-5-12(15)14-11(13)7-8-17-14/h3-6H,1-2,7-10,15H2. The lowest BCUT2D eigenvalue weighted by atomic mass is 10.1. The van der Waals surface area contributed by atoms with Crippen molar-refractivity contribution in [1.29, 1.82) is 0 Å². The fraction of sp³-hybridized carbons (Fsp3) is 0.286. The van der Waals surface area contributed by atoms with E-state index >= 15 is 0 Å². The number of fused-ring (bicyclic) bond motifs is 1. The number of allylic oxidation sites excluding steroid dienone is 2. The molecule has 0 saturated heterocycles. The molecule has 0 radical (unpaired) electrons. The Bertz CT molecular complexity index is 523. The van der Waals surface area contributed by atoms with Gasteiger partial charge in [0.1, 0.15) is 12.9 Å². The Morgan fingerprint density at radius 1 is 1.33 bits per heavy atom. The van der Waals surface area contributed by atoms with Crippen LogP contribution in [0.4, 0.5) is 5.69 Å². The molecule has 0 spiro atoms. The van der Waals surface area contributed by atoms with Gasteiger partial charge in [-0.3, -0.25) is 0 Å². The fourth-order valence-electron chi connectivity index (χ4n) is 2.37. The van der Waals surface area contributed by atoms with Crippen molar-refractivity contribution in [3.63, 3.8) is 0 Å². The van der Waals surface area contributed by atoms with E-state index in [9.17, 15) is 4.57 Å². The summed E-state index contributed by atoms with van der Waals surface area (Å²) in [6.07, 6.45) is 5.16. The molecule has 0 atom stereocenters. The summed E-state index contributed by atoms with van der Waals surface area (Å²) in [4.78, 5) is 0. The van der Waals surface area contributed by atoms with E-state index in [4.69, 9.17) is 10.5 Å². The first kappa shape index (κ1) is 13.0. The van der Waals surface area contributed by atoms with Gasteiger partial charge in [0, 0.05) is 29.6 Å². The Morgan fingerprint density at radius 3 is 2.61 bits per heavy atom. The molecule has 1 aromatic carbocycles. The summed E-state index contributed by atoms with van der Waals surface area (Å²) in [7, 11) is -2.50. The van der Waals surface area contributed by atoms with Crippen LogP contribution in [0.5, 0.6) is 5.75 Å². The summed E-state index contributed by atoms with van der Waals surface area (Å²) < 4.78 is 18.6. The lowest BCUT2D eigenvalue weighted by molar-refractivity contribution is 0.358. The molecule has 3 nitrogen and oxygen atoms in total. The van der Waals surface area contributed by atoms with Crippen molar-refractivity contribution in [1.82, 2.24) is 0 Å². The van der Waals surface area contributed by atoms with E-state index < -0.39 is 7.14 Å². The number of nitrogen functional groups attached to an aromatic ring is 1. The highest BCUT2D eigenvalue weighted by atomic mass is 31.2. The van der Waals surface area contributed by atoms with Gasteiger partial charge in [0.15, 0.2) is 0 Å². The van der Waals surface area contributed by atoms with Crippen LogP contribution in [0.25, 0.3) is 0 Å². The molecule has 4 heteroatoms. The number of rotatable bonds is 5. The van der Waals surface area contributed by atoms with Crippen molar-refractivity contribution in [2.75, 3.05) is 24.7 Å². The van der Waals surface area contributed by atoms with Crippen molar-refractivity contribution in [2.45, 2.75) is 6.42 Å². The molecule has 0 aliphatic carbocycles. The average Bonchev–Trinajstić information content (AvgIpc) is 2.79. The number of benzene rings is 1. The van der Waals surface area contributed by atoms with E-state index in [1.54, 1.807) is 18.2 Å². The van der Waals surface area contributed by atoms with Gasteiger partial charge in [0.05, 0.1) is 12.3 Å². The summed E-state index contributed by atoms with van der Waals surface area (Å²) in [5, 5.41) is 0.879. The van der Waals surface area contributed by atoms with Crippen LogP contribution in [0.3, 0.4) is 0 Å². The minimum Gasteiger partial charge on any atom is -0.491 e. The average molecular weight is 263 g/mol. The Hall–Kier alpha value is -1.47. The van der Waals surface area contributed by atoms with Gasteiger partial charge in [-0.2, -0.15) is 0 Å². The van der Waals surface area contributed by atoms with Crippen molar-refractivity contribution in [3.05, 3.63) is 43.0 Å². The second-order valence-corrected chi connectivity index (χ2v) is 7.40. The first-order chi connectivity index (χ1) is 8.62. The zero-order valence-corrected chi connectivity index (χ0v) is 11.3. The number of anilines is 1. The Kier molecular flexibility index (Phi) is 3.63. The van der Waals surface area contributed by atoms with Crippen molar-refractivity contribution >= 4 is 18.1 Å². The Balaban J connectivity index is 2.56. The normalized spacial score (nSPS) is 13.8. The summed E-state index contributed by atoms with van der Waals surface area (Å²) >= 11 is 0. The Labute approximate surface area is 108 Å². The SMILES string of the molecule is C=CCP(=O)(CC=C)c1ccc(N)c2c1CCO2. The third-order valence-electron chi connectivity index (χ3n) is 3.15. The van der Waals surface area contributed by atoms with E-state index in [2.05, 4.69) is 13.2 Å². The van der Waals surface area contributed by atoms with Crippen LogP contribution in [0.2, 0.25) is 0 Å². The molecule has 2 rings (SSSR count). The molecule has 96 valence electrons. The lowest BCUT2D eigenvalue weighted by Gasteiger charge is -2.18. The minimum absolute atomic E-state index is 0.482. The highest BCUT2D eigenvalue weighted by molar-refractivity contribution is 7.72. The first-order valence-corrected chi connectivity index (χ1v) is 8.04. The van der Waals surface area contributed by atoms with Gasteiger partial charge >= 0.3 is 0 Å². The number of ether oxygens (including phenoxy) is 1. The third-order valence-corrected chi connectivity index (χ3v) is 6.14. The van der Waals surface area contributed by atoms with Crippen molar-refractivity contribution in [3.8, 4) is 5.75 Å². The quantitative estimate of drug-likeness (QED) is 0.504. The van der Waals surface area contributed by atoms with Crippen LogP contribution < -0.4 is 15.8 Å². The maximum Gasteiger partial charge on any atom is 0.146 e. The zero-order chi connectivity index (χ0) is 13.2.